The number of rotatable bonds is 7. The number of aliphatic carboxylic acids is 1. The average molecular weight is 216 g/mol. The predicted octanol–water partition coefficient (Wildman–Crippen LogP) is 0.211. The Balaban J connectivity index is 4.15. The van der Waals surface area contributed by atoms with Crippen LogP contribution in [0, 0.1) is 5.92 Å². The van der Waals surface area contributed by atoms with Gasteiger partial charge in [0.25, 0.3) is 0 Å². The summed E-state index contributed by atoms with van der Waals surface area (Å²) in [5.74, 6) is -1.40. The lowest BCUT2D eigenvalue weighted by atomic mass is 10.1. The number of carbonyl (C=O) groups excluding carboxylic acids is 1. The van der Waals surface area contributed by atoms with Crippen molar-refractivity contribution in [2.45, 2.75) is 32.7 Å². The van der Waals surface area contributed by atoms with Gasteiger partial charge in [-0.15, -0.1) is 0 Å². The van der Waals surface area contributed by atoms with Crippen LogP contribution in [0.2, 0.25) is 0 Å². The van der Waals surface area contributed by atoms with Crippen molar-refractivity contribution in [2.75, 3.05) is 13.6 Å². The van der Waals surface area contributed by atoms with Crippen LogP contribution < -0.4 is 10.6 Å². The van der Waals surface area contributed by atoms with E-state index in [4.69, 9.17) is 5.11 Å². The van der Waals surface area contributed by atoms with Gasteiger partial charge in [0, 0.05) is 12.5 Å². The molecule has 5 heteroatoms. The van der Waals surface area contributed by atoms with E-state index in [1.54, 1.807) is 14.0 Å². The number of hydrogen-bond acceptors (Lipinski definition) is 3. The van der Waals surface area contributed by atoms with E-state index in [-0.39, 0.29) is 11.8 Å². The summed E-state index contributed by atoms with van der Waals surface area (Å²) >= 11 is 0. The van der Waals surface area contributed by atoms with Crippen LogP contribution in [-0.4, -0.2) is 36.6 Å². The maximum absolute atomic E-state index is 11.5. The molecule has 2 atom stereocenters. The van der Waals surface area contributed by atoms with Gasteiger partial charge in [0.05, 0.1) is 0 Å². The number of carboxylic acid groups (broad SMARTS) is 1. The fourth-order valence-electron chi connectivity index (χ4n) is 1.26. The standard InChI is InChI=1S/C10H20N2O3/c1-4-5-8(10(14)15)12-9(13)7(2)6-11-3/h7-8,11H,4-6H2,1-3H3,(H,12,13)(H,14,15)/t7?,8-/m0/s1. The zero-order valence-electron chi connectivity index (χ0n) is 9.54. The molecule has 88 valence electrons. The zero-order chi connectivity index (χ0) is 11.8. The Kier molecular flexibility index (Phi) is 6.70. The molecule has 0 aliphatic rings. The van der Waals surface area contributed by atoms with Crippen LogP contribution in [0.4, 0.5) is 0 Å². The van der Waals surface area contributed by atoms with Crippen molar-refractivity contribution in [3.8, 4) is 0 Å². The third-order valence-corrected chi connectivity index (χ3v) is 2.15. The van der Waals surface area contributed by atoms with Crippen LogP contribution in [0.15, 0.2) is 0 Å². The molecule has 0 saturated heterocycles. The maximum atomic E-state index is 11.5. The third-order valence-electron chi connectivity index (χ3n) is 2.15. The van der Waals surface area contributed by atoms with E-state index >= 15 is 0 Å². The van der Waals surface area contributed by atoms with Gasteiger partial charge < -0.3 is 15.7 Å². The van der Waals surface area contributed by atoms with E-state index in [0.29, 0.717) is 13.0 Å². The summed E-state index contributed by atoms with van der Waals surface area (Å²) in [6.07, 6.45) is 1.20. The highest BCUT2D eigenvalue weighted by Gasteiger charge is 2.21. The molecule has 15 heavy (non-hydrogen) atoms. The van der Waals surface area contributed by atoms with E-state index < -0.39 is 12.0 Å². The van der Waals surface area contributed by atoms with Gasteiger partial charge in [-0.25, -0.2) is 4.79 Å². The Hall–Kier alpha value is -1.10. The largest absolute Gasteiger partial charge is 0.480 e. The lowest BCUT2D eigenvalue weighted by Gasteiger charge is -2.16. The van der Waals surface area contributed by atoms with Crippen molar-refractivity contribution in [2.24, 2.45) is 5.92 Å². The highest BCUT2D eigenvalue weighted by Crippen LogP contribution is 2.00. The number of carboxylic acids is 1. The summed E-state index contributed by atoms with van der Waals surface area (Å²) in [5, 5.41) is 14.2. The highest BCUT2D eigenvalue weighted by molar-refractivity contribution is 5.84. The molecule has 0 radical (unpaired) electrons. The lowest BCUT2D eigenvalue weighted by Crippen LogP contribution is -2.44. The molecule has 0 bridgehead atoms. The molecule has 1 amide bonds. The van der Waals surface area contributed by atoms with E-state index in [9.17, 15) is 9.59 Å². The second-order valence-corrected chi connectivity index (χ2v) is 3.65. The Bertz CT molecular complexity index is 219. The Morgan fingerprint density at radius 2 is 2.00 bits per heavy atom. The second kappa shape index (κ2) is 7.23. The minimum Gasteiger partial charge on any atom is -0.480 e. The first kappa shape index (κ1) is 13.9. The predicted molar refractivity (Wildman–Crippen MR) is 57.6 cm³/mol. The summed E-state index contributed by atoms with van der Waals surface area (Å²) in [7, 11) is 1.75. The van der Waals surface area contributed by atoms with Gasteiger partial charge in [-0.3, -0.25) is 4.79 Å². The molecule has 5 nitrogen and oxygen atoms in total. The first-order chi connectivity index (χ1) is 7.02. The molecule has 0 aliphatic heterocycles. The van der Waals surface area contributed by atoms with Crippen LogP contribution in [0.25, 0.3) is 0 Å². The Morgan fingerprint density at radius 3 is 2.40 bits per heavy atom. The smallest absolute Gasteiger partial charge is 0.326 e. The summed E-state index contributed by atoms with van der Waals surface area (Å²) < 4.78 is 0. The van der Waals surface area contributed by atoms with Crippen molar-refractivity contribution in [1.82, 2.24) is 10.6 Å². The van der Waals surface area contributed by atoms with E-state index in [1.807, 2.05) is 6.92 Å². The molecule has 0 fully saturated rings. The van der Waals surface area contributed by atoms with Gasteiger partial charge in [0.15, 0.2) is 0 Å². The number of carbonyl (C=O) groups is 2. The van der Waals surface area contributed by atoms with Crippen LogP contribution in [0.3, 0.4) is 0 Å². The molecular weight excluding hydrogens is 196 g/mol. The molecule has 0 saturated carbocycles. The SMILES string of the molecule is CCC[C@H](NC(=O)C(C)CNC)C(=O)O. The van der Waals surface area contributed by atoms with Crippen LogP contribution in [-0.2, 0) is 9.59 Å². The molecule has 0 aromatic carbocycles. The molecule has 0 aromatic heterocycles. The van der Waals surface area contributed by atoms with Crippen LogP contribution >= 0.6 is 0 Å². The molecule has 1 unspecified atom stereocenters. The van der Waals surface area contributed by atoms with E-state index in [1.165, 1.54) is 0 Å². The number of nitrogens with one attached hydrogen (secondary N) is 2. The fourth-order valence-corrected chi connectivity index (χ4v) is 1.26. The van der Waals surface area contributed by atoms with Gasteiger partial charge in [-0.2, -0.15) is 0 Å². The van der Waals surface area contributed by atoms with Gasteiger partial charge >= 0.3 is 5.97 Å². The molecule has 3 N–H and O–H groups in total. The summed E-state index contributed by atoms with van der Waals surface area (Å²) in [4.78, 5) is 22.3. The first-order valence-electron chi connectivity index (χ1n) is 5.20. The normalized spacial score (nSPS) is 14.3. The zero-order valence-corrected chi connectivity index (χ0v) is 9.54. The van der Waals surface area contributed by atoms with Crippen molar-refractivity contribution < 1.29 is 14.7 Å². The van der Waals surface area contributed by atoms with Crippen LogP contribution in [0.5, 0.6) is 0 Å². The van der Waals surface area contributed by atoms with Crippen LogP contribution in [0.1, 0.15) is 26.7 Å². The topological polar surface area (TPSA) is 78.4 Å². The van der Waals surface area contributed by atoms with Crippen molar-refractivity contribution >= 4 is 11.9 Å². The molecule has 0 aromatic rings. The fraction of sp³-hybridized carbons (Fsp3) is 0.800. The summed E-state index contributed by atoms with van der Waals surface area (Å²) in [6.45, 7) is 4.19. The Labute approximate surface area is 90.2 Å². The third kappa shape index (κ3) is 5.37. The monoisotopic (exact) mass is 216 g/mol. The van der Waals surface area contributed by atoms with Gasteiger partial charge in [0.2, 0.25) is 5.91 Å². The summed E-state index contributed by atoms with van der Waals surface area (Å²) in [6, 6.07) is -0.762. The molecule has 0 aliphatic carbocycles. The van der Waals surface area contributed by atoms with Gasteiger partial charge in [-0.05, 0) is 13.5 Å². The Morgan fingerprint density at radius 1 is 1.40 bits per heavy atom. The minimum atomic E-state index is -0.971. The summed E-state index contributed by atoms with van der Waals surface area (Å²) in [5.41, 5.74) is 0. The highest BCUT2D eigenvalue weighted by atomic mass is 16.4. The molecular formula is C10H20N2O3. The average Bonchev–Trinajstić information content (AvgIpc) is 2.17. The number of hydrogen-bond donors (Lipinski definition) is 3. The molecule has 0 spiro atoms. The van der Waals surface area contributed by atoms with Gasteiger partial charge in [-0.1, -0.05) is 20.3 Å². The van der Waals surface area contributed by atoms with Crippen molar-refractivity contribution in [1.29, 1.82) is 0 Å². The molecule has 0 rings (SSSR count). The van der Waals surface area contributed by atoms with E-state index in [2.05, 4.69) is 10.6 Å². The van der Waals surface area contributed by atoms with Crippen molar-refractivity contribution in [3.63, 3.8) is 0 Å². The second-order valence-electron chi connectivity index (χ2n) is 3.65. The number of amides is 1. The quantitative estimate of drug-likeness (QED) is 0.568. The first-order valence-corrected chi connectivity index (χ1v) is 5.20. The van der Waals surface area contributed by atoms with Crippen molar-refractivity contribution in [3.05, 3.63) is 0 Å². The van der Waals surface area contributed by atoms with E-state index in [0.717, 1.165) is 6.42 Å². The maximum Gasteiger partial charge on any atom is 0.326 e. The van der Waals surface area contributed by atoms with Gasteiger partial charge in [0.1, 0.15) is 6.04 Å². The lowest BCUT2D eigenvalue weighted by molar-refractivity contribution is -0.142. The molecule has 0 heterocycles. The minimum absolute atomic E-state index is 0.214.